The van der Waals surface area contributed by atoms with Crippen LogP contribution in [0.5, 0.6) is 0 Å². The number of rotatable bonds is 4. The molecule has 1 aromatic rings. The fraction of sp³-hybridized carbons (Fsp3) is 0.471. The van der Waals surface area contributed by atoms with Crippen molar-refractivity contribution in [1.29, 1.82) is 5.26 Å². The summed E-state index contributed by atoms with van der Waals surface area (Å²) >= 11 is 0. The number of urea groups is 1. The Bertz CT molecular complexity index is 979. The first-order valence-corrected chi connectivity index (χ1v) is 10.4. The summed E-state index contributed by atoms with van der Waals surface area (Å²) in [6, 6.07) is 2.86. The van der Waals surface area contributed by atoms with E-state index < -0.39 is 51.3 Å². The van der Waals surface area contributed by atoms with Crippen LogP contribution < -0.4 is 21.3 Å². The molecule has 0 aliphatic carbocycles. The second-order valence-electron chi connectivity index (χ2n) is 7.01. The van der Waals surface area contributed by atoms with Crippen LogP contribution in [0.2, 0.25) is 0 Å². The fourth-order valence-corrected chi connectivity index (χ4v) is 4.87. The number of carbonyl (C=O) groups is 2. The van der Waals surface area contributed by atoms with Gasteiger partial charge in [0, 0.05) is 24.7 Å². The number of benzene rings is 1. The third-order valence-electron chi connectivity index (χ3n) is 4.93. The van der Waals surface area contributed by atoms with E-state index in [0.717, 1.165) is 18.2 Å². The summed E-state index contributed by atoms with van der Waals surface area (Å²) in [5.41, 5.74) is -0.0460. The van der Waals surface area contributed by atoms with Gasteiger partial charge < -0.3 is 16.0 Å². The van der Waals surface area contributed by atoms with Crippen molar-refractivity contribution in [3.8, 4) is 6.07 Å². The molecule has 4 N–H and O–H groups in total. The number of hydrogen-bond donors (Lipinski definition) is 4. The van der Waals surface area contributed by atoms with Gasteiger partial charge in [0.2, 0.25) is 5.91 Å². The minimum atomic E-state index is -4.38. The van der Waals surface area contributed by atoms with E-state index in [1.54, 1.807) is 6.92 Å². The van der Waals surface area contributed by atoms with Crippen molar-refractivity contribution >= 4 is 27.6 Å². The molecule has 1 fully saturated rings. The van der Waals surface area contributed by atoms with E-state index in [1.807, 2.05) is 6.92 Å². The highest BCUT2D eigenvalue weighted by Gasteiger charge is 2.39. The second-order valence-corrected chi connectivity index (χ2v) is 8.84. The number of fused-ring (bicyclic) bond motifs is 1. The maximum absolute atomic E-state index is 13.5. The first-order chi connectivity index (χ1) is 13.6. The van der Waals surface area contributed by atoms with Crippen LogP contribution in [-0.4, -0.2) is 61.9 Å². The molecule has 2 aliphatic rings. The van der Waals surface area contributed by atoms with Gasteiger partial charge in [-0.25, -0.2) is 21.9 Å². The second kappa shape index (κ2) is 7.94. The molecule has 2 heterocycles. The van der Waals surface area contributed by atoms with Gasteiger partial charge in [-0.05, 0) is 32.0 Å². The normalized spacial score (nSPS) is 26.6. The predicted octanol–water partition coefficient (Wildman–Crippen LogP) is -0.291. The molecule has 0 aromatic heterocycles. The van der Waals surface area contributed by atoms with E-state index in [1.165, 1.54) is 0 Å². The maximum Gasteiger partial charge on any atom is 0.336 e. The van der Waals surface area contributed by atoms with Crippen LogP contribution in [0.25, 0.3) is 0 Å². The molecule has 0 spiro atoms. The third-order valence-corrected chi connectivity index (χ3v) is 6.70. The van der Waals surface area contributed by atoms with E-state index in [4.69, 9.17) is 5.26 Å². The number of carbonyl (C=O) groups excluding carboxylic acids is 2. The fourth-order valence-electron chi connectivity index (χ4n) is 3.42. The summed E-state index contributed by atoms with van der Waals surface area (Å²) in [5, 5.41) is 20.3. The standard InChI is InChI=1S/C17H21FN6O4S/c1-9-16(22-12(6-19)7-20-9)10(2)21-15(25)8-24-17(26)23-13-4-3-11(18)5-14(13)29(24,27)28/h3-5,9-10,12,16,20,22H,7-8H2,1-2H3,(H,21,25)(H,23,26)/t9?,10-,12?,16?/m1/s1. The van der Waals surface area contributed by atoms with Gasteiger partial charge in [0.15, 0.2) is 0 Å². The molecule has 10 nitrogen and oxygen atoms in total. The number of hydrogen-bond acceptors (Lipinski definition) is 7. The van der Waals surface area contributed by atoms with Crippen molar-refractivity contribution in [2.24, 2.45) is 0 Å². The number of piperazine rings is 1. The molecule has 0 bridgehead atoms. The van der Waals surface area contributed by atoms with E-state index in [-0.39, 0.29) is 17.8 Å². The number of nitrogens with one attached hydrogen (secondary N) is 4. The first-order valence-electron chi connectivity index (χ1n) is 8.95. The summed E-state index contributed by atoms with van der Waals surface area (Å²) < 4.78 is 39.2. The molecule has 156 valence electrons. The Labute approximate surface area is 167 Å². The van der Waals surface area contributed by atoms with Crippen molar-refractivity contribution in [3.63, 3.8) is 0 Å². The van der Waals surface area contributed by atoms with Gasteiger partial charge in [-0.1, -0.05) is 0 Å². The van der Waals surface area contributed by atoms with Gasteiger partial charge in [0.05, 0.1) is 11.8 Å². The molecule has 4 atom stereocenters. The number of nitriles is 1. The smallest absolute Gasteiger partial charge is 0.336 e. The SMILES string of the molecule is CC1NCC(C#N)NC1[C@@H](C)NC(=O)CN1C(=O)Nc2ccc(F)cc2S1(=O)=O. The highest BCUT2D eigenvalue weighted by Crippen LogP contribution is 2.30. The zero-order chi connectivity index (χ0) is 21.3. The molecular weight excluding hydrogens is 403 g/mol. The molecule has 3 unspecified atom stereocenters. The molecule has 1 aromatic carbocycles. The van der Waals surface area contributed by atoms with Crippen LogP contribution in [0, 0.1) is 17.1 Å². The van der Waals surface area contributed by atoms with E-state index in [2.05, 4.69) is 27.3 Å². The summed E-state index contributed by atoms with van der Waals surface area (Å²) in [4.78, 5) is 24.3. The van der Waals surface area contributed by atoms with Gasteiger partial charge >= 0.3 is 6.03 Å². The monoisotopic (exact) mass is 424 g/mol. The van der Waals surface area contributed by atoms with Gasteiger partial charge in [0.1, 0.15) is 23.3 Å². The highest BCUT2D eigenvalue weighted by molar-refractivity contribution is 7.90. The van der Waals surface area contributed by atoms with Gasteiger partial charge in [0.25, 0.3) is 10.0 Å². The van der Waals surface area contributed by atoms with Crippen LogP contribution in [-0.2, 0) is 14.8 Å². The number of halogens is 1. The lowest BCUT2D eigenvalue weighted by molar-refractivity contribution is -0.121. The number of anilines is 1. The van der Waals surface area contributed by atoms with Gasteiger partial charge in [-0.3, -0.25) is 10.1 Å². The maximum atomic E-state index is 13.5. The predicted molar refractivity (Wildman–Crippen MR) is 101 cm³/mol. The van der Waals surface area contributed by atoms with Crippen LogP contribution in [0.4, 0.5) is 14.9 Å². The zero-order valence-electron chi connectivity index (χ0n) is 15.8. The minimum Gasteiger partial charge on any atom is -0.350 e. The average Bonchev–Trinajstić information content (AvgIpc) is 2.66. The Kier molecular flexibility index (Phi) is 5.74. The molecule has 3 amide bonds. The molecule has 0 saturated carbocycles. The number of sulfonamides is 1. The van der Waals surface area contributed by atoms with Crippen LogP contribution in [0.1, 0.15) is 13.8 Å². The lowest BCUT2D eigenvalue weighted by atomic mass is 9.98. The molecular formula is C17H21FN6O4S. The van der Waals surface area contributed by atoms with Crippen molar-refractivity contribution < 1.29 is 22.4 Å². The summed E-state index contributed by atoms with van der Waals surface area (Å²) in [5.74, 6) is -1.48. The van der Waals surface area contributed by atoms with Crippen molar-refractivity contribution in [1.82, 2.24) is 20.3 Å². The quantitative estimate of drug-likeness (QED) is 0.520. The zero-order valence-corrected chi connectivity index (χ0v) is 16.6. The molecule has 3 rings (SSSR count). The van der Waals surface area contributed by atoms with Crippen LogP contribution in [0.15, 0.2) is 23.1 Å². The minimum absolute atomic E-state index is 0.0460. The number of nitrogens with zero attached hydrogens (tertiary/aromatic N) is 2. The van der Waals surface area contributed by atoms with E-state index in [0.29, 0.717) is 10.8 Å². The summed E-state index contributed by atoms with van der Waals surface area (Å²) in [6.07, 6.45) is 0. The molecule has 0 radical (unpaired) electrons. The Morgan fingerprint density at radius 2 is 2.21 bits per heavy atom. The topological polar surface area (TPSA) is 143 Å². The van der Waals surface area contributed by atoms with Crippen LogP contribution in [0.3, 0.4) is 0 Å². The largest absolute Gasteiger partial charge is 0.350 e. The lowest BCUT2D eigenvalue weighted by Gasteiger charge is -2.38. The van der Waals surface area contributed by atoms with E-state index in [9.17, 15) is 22.4 Å². The molecule has 12 heteroatoms. The summed E-state index contributed by atoms with van der Waals surface area (Å²) in [6.45, 7) is 3.31. The summed E-state index contributed by atoms with van der Waals surface area (Å²) in [7, 11) is -4.38. The molecule has 29 heavy (non-hydrogen) atoms. The Morgan fingerprint density at radius 1 is 1.48 bits per heavy atom. The average molecular weight is 424 g/mol. The lowest BCUT2D eigenvalue weighted by Crippen LogP contribution is -2.66. The van der Waals surface area contributed by atoms with Gasteiger partial charge in [-0.15, -0.1) is 0 Å². The molecule has 1 saturated heterocycles. The first kappa shape index (κ1) is 21.0. The Morgan fingerprint density at radius 3 is 2.90 bits per heavy atom. The van der Waals surface area contributed by atoms with Gasteiger partial charge in [-0.2, -0.15) is 5.26 Å². The van der Waals surface area contributed by atoms with Crippen molar-refractivity contribution in [2.45, 2.75) is 42.9 Å². The Balaban J connectivity index is 1.72. The number of amides is 3. The Hall–Kier alpha value is -2.75. The highest BCUT2D eigenvalue weighted by atomic mass is 32.2. The van der Waals surface area contributed by atoms with Crippen LogP contribution >= 0.6 is 0 Å². The molecule has 2 aliphatic heterocycles. The van der Waals surface area contributed by atoms with Crippen molar-refractivity contribution in [2.75, 3.05) is 18.4 Å². The third kappa shape index (κ3) is 4.16. The van der Waals surface area contributed by atoms with E-state index >= 15 is 0 Å². The van der Waals surface area contributed by atoms with Crippen molar-refractivity contribution in [3.05, 3.63) is 24.0 Å².